The monoisotopic (exact) mass is 252 g/mol. The summed E-state index contributed by atoms with van der Waals surface area (Å²) in [5.41, 5.74) is 0. The Labute approximate surface area is 108 Å². The molecule has 94 valence electrons. The van der Waals surface area contributed by atoms with Crippen LogP contribution in [-0.4, -0.2) is 33.6 Å². The quantitative estimate of drug-likeness (QED) is 0.756. The first-order valence-corrected chi connectivity index (χ1v) is 6.86. The van der Waals surface area contributed by atoms with Gasteiger partial charge in [-0.3, -0.25) is 4.79 Å². The lowest BCUT2D eigenvalue weighted by Crippen LogP contribution is -2.43. The van der Waals surface area contributed by atoms with Gasteiger partial charge in [0.05, 0.1) is 10.8 Å². The molecule has 4 heteroatoms. The summed E-state index contributed by atoms with van der Waals surface area (Å²) < 4.78 is 0. The summed E-state index contributed by atoms with van der Waals surface area (Å²) in [6, 6.07) is 6.22. The standard InChI is InChI=1S/C13H20N2OS/c1-10(2)15(11(3)4)13(16)9-17-12-7-5-6-8-14-12/h5-8,10-11H,9H2,1-4H3. The molecule has 1 amide bonds. The number of rotatable bonds is 5. The molecule has 0 atom stereocenters. The molecule has 0 N–H and O–H groups in total. The van der Waals surface area contributed by atoms with Crippen LogP contribution in [0.2, 0.25) is 0 Å². The van der Waals surface area contributed by atoms with Crippen molar-refractivity contribution in [2.45, 2.75) is 44.8 Å². The lowest BCUT2D eigenvalue weighted by atomic mass is 10.2. The molecule has 0 fully saturated rings. The molecule has 0 saturated heterocycles. The highest BCUT2D eigenvalue weighted by Gasteiger charge is 2.19. The fourth-order valence-corrected chi connectivity index (χ4v) is 2.55. The van der Waals surface area contributed by atoms with Crippen LogP contribution < -0.4 is 0 Å². The van der Waals surface area contributed by atoms with Gasteiger partial charge in [-0.2, -0.15) is 0 Å². The number of hydrogen-bond acceptors (Lipinski definition) is 3. The van der Waals surface area contributed by atoms with E-state index in [9.17, 15) is 4.79 Å². The minimum atomic E-state index is 0.172. The van der Waals surface area contributed by atoms with Crippen molar-refractivity contribution < 1.29 is 4.79 Å². The number of thioether (sulfide) groups is 1. The van der Waals surface area contributed by atoms with Crippen LogP contribution in [0.3, 0.4) is 0 Å². The number of aromatic nitrogens is 1. The first-order chi connectivity index (χ1) is 8.02. The summed E-state index contributed by atoms with van der Waals surface area (Å²) >= 11 is 1.49. The Morgan fingerprint density at radius 3 is 2.41 bits per heavy atom. The van der Waals surface area contributed by atoms with Gasteiger partial charge in [-0.05, 0) is 39.8 Å². The zero-order chi connectivity index (χ0) is 12.8. The zero-order valence-electron chi connectivity index (χ0n) is 10.9. The van der Waals surface area contributed by atoms with Gasteiger partial charge in [0.15, 0.2) is 0 Å². The molecule has 3 nitrogen and oxygen atoms in total. The molecule has 1 heterocycles. The van der Waals surface area contributed by atoms with Gasteiger partial charge in [0.25, 0.3) is 0 Å². The van der Waals surface area contributed by atoms with E-state index >= 15 is 0 Å². The van der Waals surface area contributed by atoms with Gasteiger partial charge in [-0.25, -0.2) is 4.98 Å². The summed E-state index contributed by atoms with van der Waals surface area (Å²) in [5.74, 6) is 0.624. The fraction of sp³-hybridized carbons (Fsp3) is 0.538. The van der Waals surface area contributed by atoms with Crippen molar-refractivity contribution in [3.05, 3.63) is 24.4 Å². The summed E-state index contributed by atoms with van der Waals surface area (Å²) in [6.07, 6.45) is 1.75. The molecule has 0 spiro atoms. The Morgan fingerprint density at radius 1 is 1.29 bits per heavy atom. The van der Waals surface area contributed by atoms with Crippen molar-refractivity contribution >= 4 is 17.7 Å². The van der Waals surface area contributed by atoms with E-state index in [-0.39, 0.29) is 18.0 Å². The minimum absolute atomic E-state index is 0.172. The van der Waals surface area contributed by atoms with Crippen LogP contribution in [0.1, 0.15) is 27.7 Å². The maximum absolute atomic E-state index is 12.1. The molecule has 0 radical (unpaired) electrons. The zero-order valence-corrected chi connectivity index (χ0v) is 11.7. The van der Waals surface area contributed by atoms with E-state index < -0.39 is 0 Å². The number of carbonyl (C=O) groups excluding carboxylic acids is 1. The smallest absolute Gasteiger partial charge is 0.233 e. The molecule has 0 bridgehead atoms. The SMILES string of the molecule is CC(C)N(C(=O)CSc1ccccn1)C(C)C. The molecule has 0 aliphatic rings. The Balaban J connectivity index is 2.54. The van der Waals surface area contributed by atoms with Crippen molar-refractivity contribution in [3.8, 4) is 0 Å². The average molecular weight is 252 g/mol. The first-order valence-electron chi connectivity index (χ1n) is 5.87. The predicted molar refractivity (Wildman–Crippen MR) is 72.1 cm³/mol. The van der Waals surface area contributed by atoms with Crippen LogP contribution in [0.25, 0.3) is 0 Å². The third-order valence-corrected chi connectivity index (χ3v) is 3.31. The molecule has 0 unspecified atom stereocenters. The highest BCUT2D eigenvalue weighted by atomic mass is 32.2. The Hall–Kier alpha value is -1.03. The van der Waals surface area contributed by atoms with Crippen LogP contribution in [0.4, 0.5) is 0 Å². The molecular weight excluding hydrogens is 232 g/mol. The van der Waals surface area contributed by atoms with Crippen LogP contribution in [0, 0.1) is 0 Å². The fourth-order valence-electron chi connectivity index (χ4n) is 1.81. The molecule has 1 rings (SSSR count). The van der Waals surface area contributed by atoms with E-state index in [1.165, 1.54) is 11.8 Å². The third kappa shape index (κ3) is 4.38. The van der Waals surface area contributed by atoms with E-state index in [4.69, 9.17) is 0 Å². The van der Waals surface area contributed by atoms with Gasteiger partial charge in [0.1, 0.15) is 0 Å². The van der Waals surface area contributed by atoms with Gasteiger partial charge < -0.3 is 4.90 Å². The van der Waals surface area contributed by atoms with Gasteiger partial charge in [-0.15, -0.1) is 0 Å². The first kappa shape index (κ1) is 14.0. The highest BCUT2D eigenvalue weighted by Crippen LogP contribution is 2.16. The van der Waals surface area contributed by atoms with Gasteiger partial charge in [0, 0.05) is 18.3 Å². The van der Waals surface area contributed by atoms with Gasteiger partial charge in [-0.1, -0.05) is 17.8 Å². The maximum atomic E-state index is 12.1. The second-order valence-electron chi connectivity index (χ2n) is 4.45. The molecule has 1 aromatic rings. The number of hydrogen-bond donors (Lipinski definition) is 0. The van der Waals surface area contributed by atoms with E-state index in [2.05, 4.69) is 4.98 Å². The average Bonchev–Trinajstić information content (AvgIpc) is 2.27. The Bertz CT molecular complexity index is 344. The predicted octanol–water partition coefficient (Wildman–Crippen LogP) is 2.82. The number of carbonyl (C=O) groups is 1. The van der Waals surface area contributed by atoms with Gasteiger partial charge >= 0.3 is 0 Å². The Morgan fingerprint density at radius 2 is 1.94 bits per heavy atom. The maximum Gasteiger partial charge on any atom is 0.233 e. The lowest BCUT2D eigenvalue weighted by Gasteiger charge is -2.30. The summed E-state index contributed by atoms with van der Waals surface area (Å²) in [5, 5.41) is 0.897. The number of amides is 1. The summed E-state index contributed by atoms with van der Waals surface area (Å²) in [7, 11) is 0. The van der Waals surface area contributed by atoms with Crippen molar-refractivity contribution in [3.63, 3.8) is 0 Å². The molecular formula is C13H20N2OS. The molecule has 0 aromatic carbocycles. The molecule has 17 heavy (non-hydrogen) atoms. The summed E-state index contributed by atoms with van der Waals surface area (Å²) in [6.45, 7) is 8.18. The second kappa shape index (κ2) is 6.64. The summed E-state index contributed by atoms with van der Waals surface area (Å²) in [4.78, 5) is 18.2. The normalized spacial score (nSPS) is 10.9. The van der Waals surface area contributed by atoms with E-state index in [1.807, 2.05) is 50.8 Å². The number of pyridine rings is 1. The van der Waals surface area contributed by atoms with E-state index in [1.54, 1.807) is 6.20 Å². The van der Waals surface area contributed by atoms with Crippen molar-refractivity contribution in [2.75, 3.05) is 5.75 Å². The lowest BCUT2D eigenvalue weighted by molar-refractivity contribution is -0.131. The highest BCUT2D eigenvalue weighted by molar-refractivity contribution is 7.99. The van der Waals surface area contributed by atoms with Crippen molar-refractivity contribution in [1.29, 1.82) is 0 Å². The van der Waals surface area contributed by atoms with Crippen molar-refractivity contribution in [1.82, 2.24) is 9.88 Å². The minimum Gasteiger partial charge on any atom is -0.337 e. The molecule has 0 aliphatic carbocycles. The number of nitrogens with zero attached hydrogens (tertiary/aromatic N) is 2. The van der Waals surface area contributed by atoms with Crippen LogP contribution in [0.15, 0.2) is 29.4 Å². The van der Waals surface area contributed by atoms with E-state index in [0.717, 1.165) is 5.03 Å². The molecule has 1 aromatic heterocycles. The topological polar surface area (TPSA) is 33.2 Å². The van der Waals surface area contributed by atoms with Crippen molar-refractivity contribution in [2.24, 2.45) is 0 Å². The third-order valence-electron chi connectivity index (χ3n) is 2.38. The molecule has 0 saturated carbocycles. The second-order valence-corrected chi connectivity index (χ2v) is 5.44. The van der Waals surface area contributed by atoms with Gasteiger partial charge in [0.2, 0.25) is 5.91 Å². The van der Waals surface area contributed by atoms with Crippen LogP contribution in [0.5, 0.6) is 0 Å². The molecule has 0 aliphatic heterocycles. The Kier molecular flexibility index (Phi) is 5.48. The van der Waals surface area contributed by atoms with Crippen LogP contribution in [-0.2, 0) is 4.79 Å². The largest absolute Gasteiger partial charge is 0.337 e. The van der Waals surface area contributed by atoms with E-state index in [0.29, 0.717) is 5.75 Å². The van der Waals surface area contributed by atoms with Crippen LogP contribution >= 0.6 is 11.8 Å².